The Morgan fingerprint density at radius 1 is 0.690 bits per heavy atom. The standard InChI is InChI=1S/C24H39O4P/c1-3-5-6-7-8-9-10-11-12-13-14-15-16-17-18-19-20-21-22-24(4-2)23-28-29(25,26)27/h5-6,8-9,11-12,14-15,17-18,20-21,24H,3-4,7,10,13,16,19,22-23H2,1-2H3,(H2,25,26,27). The molecule has 0 aliphatic carbocycles. The Morgan fingerprint density at radius 3 is 1.41 bits per heavy atom. The first-order valence-corrected chi connectivity index (χ1v) is 12.1. The van der Waals surface area contributed by atoms with Crippen molar-refractivity contribution in [1.29, 1.82) is 0 Å². The molecule has 0 aromatic rings. The van der Waals surface area contributed by atoms with E-state index in [0.717, 1.165) is 51.4 Å². The van der Waals surface area contributed by atoms with E-state index in [2.05, 4.69) is 84.4 Å². The van der Waals surface area contributed by atoms with Gasteiger partial charge in [0.05, 0.1) is 6.61 Å². The van der Waals surface area contributed by atoms with E-state index >= 15 is 0 Å². The molecule has 0 spiro atoms. The third-order valence-electron chi connectivity index (χ3n) is 4.12. The Hall–Kier alpha value is -1.45. The molecule has 0 aliphatic rings. The van der Waals surface area contributed by atoms with Crippen LogP contribution in [0.3, 0.4) is 0 Å². The van der Waals surface area contributed by atoms with Crippen molar-refractivity contribution in [2.24, 2.45) is 5.92 Å². The normalized spacial score (nSPS) is 14.8. The Kier molecular flexibility index (Phi) is 18.9. The van der Waals surface area contributed by atoms with Gasteiger partial charge < -0.3 is 9.79 Å². The molecular weight excluding hydrogens is 383 g/mol. The molecule has 1 unspecified atom stereocenters. The highest BCUT2D eigenvalue weighted by molar-refractivity contribution is 7.46. The van der Waals surface area contributed by atoms with E-state index in [9.17, 15) is 4.57 Å². The van der Waals surface area contributed by atoms with E-state index in [1.807, 2.05) is 6.92 Å². The second kappa shape index (κ2) is 19.8. The van der Waals surface area contributed by atoms with Crippen molar-refractivity contribution >= 4 is 7.82 Å². The van der Waals surface area contributed by atoms with Gasteiger partial charge in [-0.2, -0.15) is 0 Å². The zero-order valence-corrected chi connectivity index (χ0v) is 18.9. The molecule has 29 heavy (non-hydrogen) atoms. The quantitative estimate of drug-likeness (QED) is 0.192. The van der Waals surface area contributed by atoms with Crippen molar-refractivity contribution < 1.29 is 18.9 Å². The molecule has 0 fully saturated rings. The van der Waals surface area contributed by atoms with Crippen LogP contribution in [0.2, 0.25) is 0 Å². The summed E-state index contributed by atoms with van der Waals surface area (Å²) in [6, 6.07) is 0. The summed E-state index contributed by atoms with van der Waals surface area (Å²) in [4.78, 5) is 17.5. The highest BCUT2D eigenvalue weighted by Gasteiger charge is 2.16. The van der Waals surface area contributed by atoms with Gasteiger partial charge in [-0.1, -0.05) is 93.2 Å². The van der Waals surface area contributed by atoms with Crippen molar-refractivity contribution in [1.82, 2.24) is 0 Å². The van der Waals surface area contributed by atoms with Gasteiger partial charge in [0.15, 0.2) is 0 Å². The molecule has 1 atom stereocenters. The second-order valence-corrected chi connectivity index (χ2v) is 7.95. The topological polar surface area (TPSA) is 66.8 Å². The molecule has 0 bridgehead atoms. The molecule has 2 N–H and O–H groups in total. The first-order valence-electron chi connectivity index (χ1n) is 10.6. The third kappa shape index (κ3) is 22.7. The lowest BCUT2D eigenvalue weighted by molar-refractivity contribution is 0.166. The van der Waals surface area contributed by atoms with Crippen LogP contribution in [-0.4, -0.2) is 16.4 Å². The molecule has 0 saturated heterocycles. The molecule has 0 heterocycles. The van der Waals surface area contributed by atoms with E-state index in [-0.39, 0.29) is 12.5 Å². The Morgan fingerprint density at radius 2 is 1.07 bits per heavy atom. The van der Waals surface area contributed by atoms with Gasteiger partial charge in [0.25, 0.3) is 0 Å². The molecule has 0 aromatic heterocycles. The number of hydrogen-bond acceptors (Lipinski definition) is 2. The van der Waals surface area contributed by atoms with Gasteiger partial charge >= 0.3 is 7.82 Å². The molecule has 0 amide bonds. The van der Waals surface area contributed by atoms with Crippen molar-refractivity contribution in [3.63, 3.8) is 0 Å². The Balaban J connectivity index is 3.74. The minimum absolute atomic E-state index is 0.0901. The summed E-state index contributed by atoms with van der Waals surface area (Å²) in [5.41, 5.74) is 0. The number of allylic oxidation sites excluding steroid dienone is 12. The summed E-state index contributed by atoms with van der Waals surface area (Å²) in [6.07, 6.45) is 33.4. The minimum atomic E-state index is -4.36. The summed E-state index contributed by atoms with van der Waals surface area (Å²) < 4.78 is 15.3. The van der Waals surface area contributed by atoms with E-state index < -0.39 is 7.82 Å². The molecule has 0 rings (SSSR count). The van der Waals surface area contributed by atoms with Crippen LogP contribution in [0.5, 0.6) is 0 Å². The van der Waals surface area contributed by atoms with Crippen LogP contribution in [0.25, 0.3) is 0 Å². The second-order valence-electron chi connectivity index (χ2n) is 6.71. The van der Waals surface area contributed by atoms with Crippen molar-refractivity contribution in [3.8, 4) is 0 Å². The fourth-order valence-corrected chi connectivity index (χ4v) is 2.77. The number of rotatable bonds is 17. The van der Waals surface area contributed by atoms with E-state index in [0.29, 0.717) is 0 Å². The first-order chi connectivity index (χ1) is 14.0. The van der Waals surface area contributed by atoms with Crippen LogP contribution in [0.4, 0.5) is 0 Å². The lowest BCUT2D eigenvalue weighted by Crippen LogP contribution is -2.06. The predicted molar refractivity (Wildman–Crippen MR) is 125 cm³/mol. The smallest absolute Gasteiger partial charge is 0.303 e. The number of phosphoric acid groups is 1. The van der Waals surface area contributed by atoms with Gasteiger partial charge in [0, 0.05) is 0 Å². The lowest BCUT2D eigenvalue weighted by Gasteiger charge is -2.13. The van der Waals surface area contributed by atoms with E-state index in [1.165, 1.54) is 0 Å². The Labute approximate surface area is 177 Å². The predicted octanol–water partition coefficient (Wildman–Crippen LogP) is 7.21. The maximum absolute atomic E-state index is 10.7. The molecule has 0 aromatic carbocycles. The van der Waals surface area contributed by atoms with E-state index in [1.54, 1.807) is 0 Å². The van der Waals surface area contributed by atoms with Crippen LogP contribution >= 0.6 is 7.82 Å². The van der Waals surface area contributed by atoms with Gasteiger partial charge in [-0.25, -0.2) is 4.57 Å². The summed E-state index contributed by atoms with van der Waals surface area (Å²) in [6.45, 7) is 4.23. The monoisotopic (exact) mass is 422 g/mol. The van der Waals surface area contributed by atoms with Gasteiger partial charge in [-0.3, -0.25) is 4.52 Å². The average Bonchev–Trinajstić information content (AvgIpc) is 2.68. The molecule has 0 aliphatic heterocycles. The fourth-order valence-electron chi connectivity index (χ4n) is 2.37. The van der Waals surface area contributed by atoms with Gasteiger partial charge in [-0.15, -0.1) is 0 Å². The summed E-state index contributed by atoms with van der Waals surface area (Å²) in [5.74, 6) is 0.132. The van der Waals surface area contributed by atoms with Gasteiger partial charge in [0.1, 0.15) is 0 Å². The third-order valence-corrected chi connectivity index (χ3v) is 4.61. The maximum atomic E-state index is 10.7. The first kappa shape index (κ1) is 27.5. The lowest BCUT2D eigenvalue weighted by atomic mass is 10.0. The highest BCUT2D eigenvalue weighted by atomic mass is 31.2. The van der Waals surface area contributed by atoms with Gasteiger partial charge in [-0.05, 0) is 50.9 Å². The fraction of sp³-hybridized carbons (Fsp3) is 0.500. The van der Waals surface area contributed by atoms with Crippen LogP contribution < -0.4 is 0 Å². The molecule has 4 nitrogen and oxygen atoms in total. The maximum Gasteiger partial charge on any atom is 0.469 e. The van der Waals surface area contributed by atoms with Gasteiger partial charge in [0.2, 0.25) is 0 Å². The van der Waals surface area contributed by atoms with Crippen molar-refractivity contribution in [3.05, 3.63) is 72.9 Å². The highest BCUT2D eigenvalue weighted by Crippen LogP contribution is 2.36. The SMILES string of the molecule is CCC=CCC=CCC=CCC=CCC=CCC=CCC(CC)COP(=O)(O)O. The van der Waals surface area contributed by atoms with Crippen molar-refractivity contribution in [2.75, 3.05) is 6.61 Å². The van der Waals surface area contributed by atoms with E-state index in [4.69, 9.17) is 9.79 Å². The molecule has 5 heteroatoms. The van der Waals surface area contributed by atoms with Crippen LogP contribution in [-0.2, 0) is 9.09 Å². The molecule has 0 saturated carbocycles. The summed E-state index contributed by atoms with van der Waals surface area (Å²) in [5, 5.41) is 0. The van der Waals surface area contributed by atoms with Crippen LogP contribution in [0.1, 0.15) is 65.2 Å². The van der Waals surface area contributed by atoms with Crippen LogP contribution in [0, 0.1) is 5.92 Å². The summed E-state index contributed by atoms with van der Waals surface area (Å²) >= 11 is 0. The average molecular weight is 423 g/mol. The van der Waals surface area contributed by atoms with Crippen molar-refractivity contribution in [2.45, 2.75) is 65.2 Å². The largest absolute Gasteiger partial charge is 0.469 e. The number of phosphoric ester groups is 1. The minimum Gasteiger partial charge on any atom is -0.303 e. The summed E-state index contributed by atoms with van der Waals surface area (Å²) in [7, 11) is -4.36. The van der Waals surface area contributed by atoms with Crippen LogP contribution in [0.15, 0.2) is 72.9 Å². The molecular formula is C24H39O4P. The molecule has 0 radical (unpaired) electrons. The molecule has 164 valence electrons. The number of hydrogen-bond donors (Lipinski definition) is 2. The zero-order valence-electron chi connectivity index (χ0n) is 18.0. The zero-order chi connectivity index (χ0) is 21.6. The Bertz CT molecular complexity index is 594.